The molecule has 48 valence electrons. The SMILES string of the molecule is [Mo+6].[NH4+].[NH4+].[S-2].[S-2].[S-2].[S-2]. The molecule has 0 aromatic rings. The summed E-state index contributed by atoms with van der Waals surface area (Å²) in [6.45, 7) is 0. The van der Waals surface area contributed by atoms with Gasteiger partial charge in [0.05, 0.1) is 0 Å². The number of rotatable bonds is 0. The minimum atomic E-state index is 0. The van der Waals surface area contributed by atoms with Crippen molar-refractivity contribution in [3.63, 3.8) is 0 Å². The quantitative estimate of drug-likeness (QED) is 0.603. The van der Waals surface area contributed by atoms with Gasteiger partial charge in [-0.3, -0.25) is 0 Å². The molecule has 0 amide bonds. The summed E-state index contributed by atoms with van der Waals surface area (Å²) in [6.07, 6.45) is 0. The molecule has 7 heteroatoms. The number of hydrogen-bond donors (Lipinski definition) is 2. The van der Waals surface area contributed by atoms with Crippen LogP contribution in [0.4, 0.5) is 0 Å². The molecule has 0 aromatic heterocycles. The monoisotopic (exact) mass is 262 g/mol. The van der Waals surface area contributed by atoms with Gasteiger partial charge in [-0.15, -0.1) is 0 Å². The zero-order valence-corrected chi connectivity index (χ0v) is 9.31. The average Bonchev–Trinajstić information content (AvgIpc) is 0. The Balaban J connectivity index is 0. The summed E-state index contributed by atoms with van der Waals surface area (Å²) < 4.78 is 0. The first-order valence-electron chi connectivity index (χ1n) is 0. The Morgan fingerprint density at radius 2 is 0.429 bits per heavy atom. The Morgan fingerprint density at radius 1 is 0.429 bits per heavy atom. The van der Waals surface area contributed by atoms with Crippen LogP contribution in [0.25, 0.3) is 0 Å². The Hall–Kier alpha value is 2.01. The maximum Gasteiger partial charge on any atom is 6.00 e. The summed E-state index contributed by atoms with van der Waals surface area (Å²) in [5.74, 6) is 0. The summed E-state index contributed by atoms with van der Waals surface area (Å²) >= 11 is 0. The molecule has 0 aliphatic rings. The predicted octanol–water partition coefficient (Wildman–Crippen LogP) is 0.740. The Morgan fingerprint density at radius 3 is 0.429 bits per heavy atom. The fraction of sp³-hybridized carbons (Fsp3) is 0. The van der Waals surface area contributed by atoms with Crippen LogP contribution in [0.5, 0.6) is 0 Å². The molecule has 0 aliphatic heterocycles. The molecule has 0 aliphatic carbocycles. The molecule has 0 heterocycles. The smallest absolute Gasteiger partial charge is 2.00 e. The summed E-state index contributed by atoms with van der Waals surface area (Å²) in [4.78, 5) is 0. The molecule has 0 saturated heterocycles. The van der Waals surface area contributed by atoms with Crippen LogP contribution in [0.3, 0.4) is 0 Å². The normalized spacial score (nSPS) is 0. The first-order chi connectivity index (χ1) is 0. The number of hydrogen-bond acceptors (Lipinski definition) is 0. The average molecular weight is 260 g/mol. The topological polar surface area (TPSA) is 73.0 Å². The van der Waals surface area contributed by atoms with Crippen molar-refractivity contribution in [2.24, 2.45) is 0 Å². The van der Waals surface area contributed by atoms with E-state index in [2.05, 4.69) is 0 Å². The van der Waals surface area contributed by atoms with Crippen molar-refractivity contribution in [2.45, 2.75) is 0 Å². The van der Waals surface area contributed by atoms with Crippen LogP contribution in [0.1, 0.15) is 0 Å². The molecule has 8 N–H and O–H groups in total. The van der Waals surface area contributed by atoms with Crippen LogP contribution in [0.15, 0.2) is 0 Å². The third-order valence-electron chi connectivity index (χ3n) is 0. The van der Waals surface area contributed by atoms with Crippen LogP contribution in [0.2, 0.25) is 0 Å². The predicted molar refractivity (Wildman–Crippen MR) is 41.4 cm³/mol. The van der Waals surface area contributed by atoms with Crippen LogP contribution in [0, 0.1) is 0 Å². The standard InChI is InChI=1S/Mo.2H3N.4S/h;2*1H3;;;;/q+6;;;4*-2/p+2. The van der Waals surface area contributed by atoms with Gasteiger partial charge in [0.2, 0.25) is 0 Å². The third kappa shape index (κ3) is 71.7. The summed E-state index contributed by atoms with van der Waals surface area (Å²) in [5.41, 5.74) is 0. The number of quaternary nitrogens is 2. The van der Waals surface area contributed by atoms with Crippen LogP contribution < -0.4 is 12.3 Å². The zero-order valence-electron chi connectivity index (χ0n) is 4.04. The molecule has 0 spiro atoms. The van der Waals surface area contributed by atoms with E-state index in [-0.39, 0.29) is 87.3 Å². The van der Waals surface area contributed by atoms with Crippen LogP contribution in [-0.2, 0) is 75.0 Å². The van der Waals surface area contributed by atoms with Gasteiger partial charge in [0.1, 0.15) is 0 Å². The summed E-state index contributed by atoms with van der Waals surface area (Å²) in [6, 6.07) is 0. The molecule has 2 nitrogen and oxygen atoms in total. The summed E-state index contributed by atoms with van der Waals surface area (Å²) in [7, 11) is 0. The second kappa shape index (κ2) is 97.5. The molecule has 0 bridgehead atoms. The van der Waals surface area contributed by atoms with Crippen molar-refractivity contribution >= 4 is 54.0 Å². The second-order valence-corrected chi connectivity index (χ2v) is 0. The van der Waals surface area contributed by atoms with Gasteiger partial charge in [-0.25, -0.2) is 0 Å². The van der Waals surface area contributed by atoms with Crippen molar-refractivity contribution in [3.05, 3.63) is 0 Å². The van der Waals surface area contributed by atoms with E-state index >= 15 is 0 Å². The van der Waals surface area contributed by atoms with Gasteiger partial charge in [0.25, 0.3) is 0 Å². The zero-order chi connectivity index (χ0) is 0. The molecule has 0 saturated carbocycles. The summed E-state index contributed by atoms with van der Waals surface area (Å²) in [5, 5.41) is 0. The molecule has 0 unspecified atom stereocenters. The van der Waals surface area contributed by atoms with Gasteiger partial charge >= 0.3 is 21.1 Å². The van der Waals surface area contributed by atoms with E-state index in [4.69, 9.17) is 0 Å². The Labute approximate surface area is 86.8 Å². The molecule has 0 rings (SSSR count). The molecule has 0 aromatic carbocycles. The first kappa shape index (κ1) is 143. The van der Waals surface area contributed by atoms with Gasteiger partial charge < -0.3 is 66.3 Å². The van der Waals surface area contributed by atoms with E-state index in [1.165, 1.54) is 0 Å². The molecular weight excluding hydrogens is 252 g/mol. The van der Waals surface area contributed by atoms with E-state index < -0.39 is 0 Å². The fourth-order valence-electron chi connectivity index (χ4n) is 0. The van der Waals surface area contributed by atoms with Crippen molar-refractivity contribution in [1.82, 2.24) is 12.3 Å². The largest absolute Gasteiger partial charge is 6.00 e. The van der Waals surface area contributed by atoms with Gasteiger partial charge in [0.15, 0.2) is 0 Å². The van der Waals surface area contributed by atoms with Crippen LogP contribution in [-0.4, -0.2) is 0 Å². The van der Waals surface area contributed by atoms with E-state index in [0.717, 1.165) is 0 Å². The Bertz CT molecular complexity index is 9.65. The molecule has 0 atom stereocenters. The van der Waals surface area contributed by atoms with Crippen molar-refractivity contribution in [1.29, 1.82) is 0 Å². The van der Waals surface area contributed by atoms with Gasteiger partial charge in [-0.05, 0) is 0 Å². The Kier molecular flexibility index (Phi) is 2000. The third-order valence-corrected chi connectivity index (χ3v) is 0. The molecule has 0 fully saturated rings. The second-order valence-electron chi connectivity index (χ2n) is 0. The van der Waals surface area contributed by atoms with E-state index in [1.807, 2.05) is 0 Å². The first-order valence-corrected chi connectivity index (χ1v) is 0. The fourth-order valence-corrected chi connectivity index (χ4v) is 0. The maximum atomic E-state index is 0. The molecule has 0 radical (unpaired) electrons. The van der Waals surface area contributed by atoms with E-state index in [1.54, 1.807) is 0 Å². The minimum Gasteiger partial charge on any atom is -2.00 e. The molecule has 7 heavy (non-hydrogen) atoms. The molecular formula is H8MoN2S4. The van der Waals surface area contributed by atoms with Crippen molar-refractivity contribution in [3.8, 4) is 0 Å². The van der Waals surface area contributed by atoms with Gasteiger partial charge in [0, 0.05) is 0 Å². The van der Waals surface area contributed by atoms with Crippen molar-refractivity contribution < 1.29 is 21.1 Å². The minimum absolute atomic E-state index is 0. The maximum absolute atomic E-state index is 0. The van der Waals surface area contributed by atoms with Gasteiger partial charge in [-0.1, -0.05) is 0 Å². The van der Waals surface area contributed by atoms with Crippen molar-refractivity contribution in [2.75, 3.05) is 0 Å². The van der Waals surface area contributed by atoms with E-state index in [9.17, 15) is 0 Å². The van der Waals surface area contributed by atoms with Gasteiger partial charge in [-0.2, -0.15) is 0 Å². The van der Waals surface area contributed by atoms with Crippen LogP contribution >= 0.6 is 0 Å². The van der Waals surface area contributed by atoms with E-state index in [0.29, 0.717) is 0 Å².